The lowest BCUT2D eigenvalue weighted by atomic mass is 9.92. The first-order valence-corrected chi connectivity index (χ1v) is 17.2. The Kier molecular flexibility index (Phi) is 17.3. The molecule has 2 saturated heterocycles. The van der Waals surface area contributed by atoms with Crippen molar-refractivity contribution in [2.75, 3.05) is 32.7 Å². The Hall–Kier alpha value is -3.44. The minimum Gasteiger partial charge on any atom is -0.496 e. The van der Waals surface area contributed by atoms with Crippen LogP contribution in [-0.4, -0.2) is 52.3 Å². The van der Waals surface area contributed by atoms with E-state index in [1.54, 1.807) is 12.1 Å². The fourth-order valence-corrected chi connectivity index (χ4v) is 6.48. The molecule has 5 atom stereocenters. The normalized spacial score (nSPS) is 24.4. The Labute approximate surface area is 289 Å². The van der Waals surface area contributed by atoms with Gasteiger partial charge in [0.05, 0.1) is 37.1 Å². The van der Waals surface area contributed by atoms with E-state index in [0.717, 1.165) is 48.5 Å². The number of carbonyl (C=O) groups is 2. The molecule has 2 aliphatic heterocycles. The van der Waals surface area contributed by atoms with E-state index in [2.05, 4.69) is 25.2 Å². The van der Waals surface area contributed by atoms with Gasteiger partial charge in [0.15, 0.2) is 0 Å². The third-order valence-corrected chi connectivity index (χ3v) is 9.12. The number of alkyl halides is 3. The first-order valence-electron chi connectivity index (χ1n) is 17.2. The molecule has 0 bridgehead atoms. The summed E-state index contributed by atoms with van der Waals surface area (Å²) in [6, 6.07) is 8.27. The summed E-state index contributed by atoms with van der Waals surface area (Å²) >= 11 is 0. The summed E-state index contributed by atoms with van der Waals surface area (Å²) in [5.41, 5.74) is 7.61. The molecule has 274 valence electrons. The molecular weight excluding hydrogens is 640 g/mol. The van der Waals surface area contributed by atoms with E-state index in [4.69, 9.17) is 24.7 Å². The second-order valence-electron chi connectivity index (χ2n) is 12.3. The highest BCUT2D eigenvalue weighted by molar-refractivity contribution is 5.95. The van der Waals surface area contributed by atoms with Crippen LogP contribution in [0.5, 0.6) is 5.75 Å². The maximum Gasteiger partial charge on any atom is 0.419 e. The molecule has 4 fully saturated rings. The SMILES string of the molecule is C=O.CC.CCCC1CCC(C)/C1=C/C1CC1.CNc1ccc(F)c(C(F)(F)F)c1.COc1ccc(C2CO[C@@H]3CCO[C@H]23)cc1C(N)=O. The third-order valence-electron chi connectivity index (χ3n) is 9.12. The number of amides is 1. The monoisotopic (exact) mass is 694 g/mol. The number of benzene rings is 2. The lowest BCUT2D eigenvalue weighted by Gasteiger charge is -2.17. The number of carbonyl (C=O) groups excluding carboxylic acids is 2. The van der Waals surface area contributed by atoms with Crippen LogP contribution in [0, 0.1) is 23.6 Å². The van der Waals surface area contributed by atoms with Crippen molar-refractivity contribution in [3.8, 4) is 5.75 Å². The number of primary amides is 1. The average molecular weight is 695 g/mol. The Morgan fingerprint density at radius 3 is 2.33 bits per heavy atom. The number of hydrogen-bond donors (Lipinski definition) is 2. The molecule has 3 N–H and O–H groups in total. The Bertz CT molecular complexity index is 1350. The molecule has 2 heterocycles. The van der Waals surface area contributed by atoms with Crippen LogP contribution < -0.4 is 15.8 Å². The van der Waals surface area contributed by atoms with Crippen LogP contribution in [-0.2, 0) is 20.4 Å². The van der Waals surface area contributed by atoms with Crippen LogP contribution in [0.3, 0.4) is 0 Å². The van der Waals surface area contributed by atoms with Gasteiger partial charge in [-0.3, -0.25) is 4.79 Å². The molecule has 6 rings (SSSR count). The molecule has 49 heavy (non-hydrogen) atoms. The average Bonchev–Trinajstić information content (AvgIpc) is 3.48. The number of hydrogen-bond acceptors (Lipinski definition) is 6. The molecular formula is C38H54F4N2O5. The van der Waals surface area contributed by atoms with Crippen LogP contribution in [0.25, 0.3) is 0 Å². The second kappa shape index (κ2) is 20.3. The topological polar surface area (TPSA) is 99.9 Å². The summed E-state index contributed by atoms with van der Waals surface area (Å²) in [5, 5.41) is 2.50. The second-order valence-corrected chi connectivity index (χ2v) is 12.3. The van der Waals surface area contributed by atoms with Crippen molar-refractivity contribution in [3.63, 3.8) is 0 Å². The molecule has 7 nitrogen and oxygen atoms in total. The first kappa shape index (κ1) is 41.7. The predicted molar refractivity (Wildman–Crippen MR) is 185 cm³/mol. The molecule has 2 saturated carbocycles. The smallest absolute Gasteiger partial charge is 0.419 e. The quantitative estimate of drug-likeness (QED) is 0.222. The van der Waals surface area contributed by atoms with Crippen LogP contribution in [0.1, 0.15) is 100 Å². The molecule has 0 aromatic heterocycles. The summed E-state index contributed by atoms with van der Waals surface area (Å²) < 4.78 is 65.6. The van der Waals surface area contributed by atoms with Gasteiger partial charge in [-0.25, -0.2) is 4.39 Å². The van der Waals surface area contributed by atoms with E-state index in [0.29, 0.717) is 17.9 Å². The number of rotatable bonds is 7. The van der Waals surface area contributed by atoms with Gasteiger partial charge in [-0.1, -0.05) is 51.8 Å². The van der Waals surface area contributed by atoms with E-state index in [1.807, 2.05) is 32.3 Å². The van der Waals surface area contributed by atoms with Gasteiger partial charge in [-0.05, 0) is 92.2 Å². The highest BCUT2D eigenvalue weighted by atomic mass is 19.4. The number of methoxy groups -OCH3 is 1. The van der Waals surface area contributed by atoms with Gasteiger partial charge in [0, 0.05) is 25.3 Å². The van der Waals surface area contributed by atoms with Crippen molar-refractivity contribution >= 4 is 18.4 Å². The third kappa shape index (κ3) is 11.8. The van der Waals surface area contributed by atoms with Crippen LogP contribution in [0.4, 0.5) is 23.2 Å². The van der Waals surface area contributed by atoms with Crippen LogP contribution >= 0.6 is 0 Å². The molecule has 3 unspecified atom stereocenters. The van der Waals surface area contributed by atoms with Crippen LogP contribution in [0.15, 0.2) is 48.0 Å². The minimum absolute atomic E-state index is 0.0918. The van der Waals surface area contributed by atoms with Crippen molar-refractivity contribution in [2.24, 2.45) is 23.5 Å². The Balaban J connectivity index is 0.000000249. The highest BCUT2D eigenvalue weighted by Gasteiger charge is 2.42. The molecule has 4 aliphatic rings. The largest absolute Gasteiger partial charge is 0.496 e. The van der Waals surface area contributed by atoms with E-state index < -0.39 is 23.5 Å². The standard InChI is InChI=1S/C14H17NO4.C13H22.C8H7F4N.C2H6.CH2O/c1-17-11-3-2-8(6-9(11)14(15)16)10-7-19-12-4-5-18-13(10)12;1-3-4-12-8-5-10(2)13(12)9-11-6-7-11;1-13-5-2-3-7(9)6(4-5)8(10,11)12;2*1-2/h2-3,6,10,12-13H,4-5,7H2,1H3,(H2,15,16);9-12H,3-8H2,1-2H3;2-4,13H,1H3;1-2H3;1H2/b;13-9-;;;/t10?,12-,13-;;;;/m1..../s1. The van der Waals surface area contributed by atoms with E-state index in [9.17, 15) is 22.4 Å². The van der Waals surface area contributed by atoms with Crippen molar-refractivity contribution in [3.05, 3.63) is 70.6 Å². The predicted octanol–water partition coefficient (Wildman–Crippen LogP) is 8.96. The van der Waals surface area contributed by atoms with Gasteiger partial charge < -0.3 is 30.1 Å². The number of anilines is 1. The van der Waals surface area contributed by atoms with Gasteiger partial charge in [0.2, 0.25) is 0 Å². The summed E-state index contributed by atoms with van der Waals surface area (Å²) in [5.74, 6) is 1.76. The van der Waals surface area contributed by atoms with Crippen molar-refractivity contribution in [1.82, 2.24) is 0 Å². The van der Waals surface area contributed by atoms with Gasteiger partial charge in [0.1, 0.15) is 18.4 Å². The summed E-state index contributed by atoms with van der Waals surface area (Å²) in [4.78, 5) is 19.5. The lowest BCUT2D eigenvalue weighted by molar-refractivity contribution is -0.139. The number of nitrogens with one attached hydrogen (secondary N) is 1. The van der Waals surface area contributed by atoms with Gasteiger partial charge >= 0.3 is 6.18 Å². The number of ether oxygens (including phenoxy) is 3. The van der Waals surface area contributed by atoms with Gasteiger partial charge in [0.25, 0.3) is 5.91 Å². The van der Waals surface area contributed by atoms with Gasteiger partial charge in [-0.2, -0.15) is 13.2 Å². The highest BCUT2D eigenvalue weighted by Crippen LogP contribution is 2.43. The zero-order valence-electron chi connectivity index (χ0n) is 29.7. The molecule has 11 heteroatoms. The van der Waals surface area contributed by atoms with Crippen molar-refractivity contribution in [1.29, 1.82) is 0 Å². The summed E-state index contributed by atoms with van der Waals surface area (Å²) in [6.45, 7) is 12.1. The number of nitrogens with two attached hydrogens (primary N) is 1. The van der Waals surface area contributed by atoms with E-state index in [1.165, 1.54) is 58.7 Å². The maximum atomic E-state index is 12.7. The Morgan fingerprint density at radius 2 is 1.76 bits per heavy atom. The lowest BCUT2D eigenvalue weighted by Crippen LogP contribution is -2.21. The number of fused-ring (bicyclic) bond motifs is 1. The number of halogens is 4. The molecule has 2 aromatic rings. The van der Waals surface area contributed by atoms with Crippen molar-refractivity contribution in [2.45, 2.75) is 96.9 Å². The molecule has 2 aliphatic carbocycles. The zero-order chi connectivity index (χ0) is 36.7. The number of allylic oxidation sites excluding steroid dienone is 2. The molecule has 0 spiro atoms. The molecule has 0 radical (unpaired) electrons. The van der Waals surface area contributed by atoms with Gasteiger partial charge in [-0.15, -0.1) is 0 Å². The zero-order valence-corrected chi connectivity index (χ0v) is 29.7. The Morgan fingerprint density at radius 1 is 1.06 bits per heavy atom. The summed E-state index contributed by atoms with van der Waals surface area (Å²) in [7, 11) is 2.99. The summed E-state index contributed by atoms with van der Waals surface area (Å²) in [6.07, 6.45) is 7.84. The van der Waals surface area contributed by atoms with Crippen LogP contribution in [0.2, 0.25) is 0 Å². The van der Waals surface area contributed by atoms with E-state index in [-0.39, 0.29) is 23.8 Å². The fourth-order valence-electron chi connectivity index (χ4n) is 6.48. The fraction of sp³-hybridized carbons (Fsp3) is 0.579. The minimum atomic E-state index is -4.64. The molecule has 2 aromatic carbocycles. The van der Waals surface area contributed by atoms with Crippen molar-refractivity contribution < 1.29 is 41.4 Å². The molecule has 1 amide bonds. The van der Waals surface area contributed by atoms with E-state index >= 15 is 0 Å². The maximum absolute atomic E-state index is 12.7. The first-order chi connectivity index (χ1) is 23.5.